The van der Waals surface area contributed by atoms with Gasteiger partial charge >= 0.3 is 0 Å². The summed E-state index contributed by atoms with van der Waals surface area (Å²) in [6.45, 7) is 3.15. The predicted octanol–water partition coefficient (Wildman–Crippen LogP) is -0.162. The lowest BCUT2D eigenvalue weighted by Gasteiger charge is -2.35. The van der Waals surface area contributed by atoms with E-state index in [1.807, 2.05) is 0 Å². The molecule has 1 heterocycles. The van der Waals surface area contributed by atoms with Crippen LogP contribution in [0.15, 0.2) is 0 Å². The summed E-state index contributed by atoms with van der Waals surface area (Å²) in [6.07, 6.45) is 3.47. The van der Waals surface area contributed by atoms with Crippen LogP contribution < -0.4 is 11.1 Å². The van der Waals surface area contributed by atoms with Crippen LogP contribution in [0.3, 0.4) is 0 Å². The zero-order chi connectivity index (χ0) is 8.32. The van der Waals surface area contributed by atoms with E-state index in [4.69, 9.17) is 5.73 Å². The molecule has 0 saturated carbocycles. The Kier molecular flexibility index (Phi) is 2.87. The first-order valence-electron chi connectivity index (χ1n) is 4.32. The molecule has 2 atom stereocenters. The summed E-state index contributed by atoms with van der Waals surface area (Å²) < 4.78 is 0. The van der Waals surface area contributed by atoms with E-state index < -0.39 is 5.60 Å². The second kappa shape index (κ2) is 3.52. The lowest BCUT2D eigenvalue weighted by Crippen LogP contribution is -2.54. The summed E-state index contributed by atoms with van der Waals surface area (Å²) in [5.74, 6) is 0. The molecule has 2 unspecified atom stereocenters. The molecule has 0 amide bonds. The molecule has 0 aliphatic carbocycles. The van der Waals surface area contributed by atoms with Crippen molar-refractivity contribution in [1.82, 2.24) is 5.32 Å². The van der Waals surface area contributed by atoms with Crippen molar-refractivity contribution in [2.45, 2.75) is 37.8 Å². The smallest absolute Gasteiger partial charge is 0.0893 e. The van der Waals surface area contributed by atoms with Crippen LogP contribution in [-0.4, -0.2) is 29.8 Å². The standard InChI is InChI=1S/C8H18N2O/c1-8(11,6-9)7-4-2-3-5-10-7/h7,10-11H,2-6,9H2,1H3. The average molecular weight is 158 g/mol. The Morgan fingerprint density at radius 1 is 1.64 bits per heavy atom. The van der Waals surface area contributed by atoms with E-state index >= 15 is 0 Å². The van der Waals surface area contributed by atoms with Gasteiger partial charge in [-0.25, -0.2) is 0 Å². The third kappa shape index (κ3) is 2.15. The summed E-state index contributed by atoms with van der Waals surface area (Å²) in [6, 6.07) is 0.196. The van der Waals surface area contributed by atoms with Crippen molar-refractivity contribution in [3.05, 3.63) is 0 Å². The van der Waals surface area contributed by atoms with Gasteiger partial charge < -0.3 is 16.2 Å². The van der Waals surface area contributed by atoms with Crippen molar-refractivity contribution >= 4 is 0 Å². The first kappa shape index (κ1) is 8.97. The molecular weight excluding hydrogens is 140 g/mol. The van der Waals surface area contributed by atoms with E-state index in [1.54, 1.807) is 6.92 Å². The molecule has 1 rings (SSSR count). The van der Waals surface area contributed by atoms with Crippen molar-refractivity contribution in [2.24, 2.45) is 5.73 Å². The largest absolute Gasteiger partial charge is 0.387 e. The van der Waals surface area contributed by atoms with Crippen LogP contribution in [0.25, 0.3) is 0 Å². The van der Waals surface area contributed by atoms with Crippen LogP contribution in [0.4, 0.5) is 0 Å². The quantitative estimate of drug-likeness (QED) is 0.523. The molecule has 0 bridgehead atoms. The lowest BCUT2D eigenvalue weighted by molar-refractivity contribution is 0.0184. The van der Waals surface area contributed by atoms with Crippen LogP contribution >= 0.6 is 0 Å². The van der Waals surface area contributed by atoms with Gasteiger partial charge in [-0.2, -0.15) is 0 Å². The average Bonchev–Trinajstić information content (AvgIpc) is 2.06. The highest BCUT2D eigenvalue weighted by Gasteiger charge is 2.30. The summed E-state index contributed by atoms with van der Waals surface area (Å²) in [5, 5.41) is 13.0. The number of rotatable bonds is 2. The second-order valence-electron chi connectivity index (χ2n) is 3.56. The van der Waals surface area contributed by atoms with Gasteiger partial charge in [0.25, 0.3) is 0 Å². The normalized spacial score (nSPS) is 31.4. The number of piperidine rings is 1. The van der Waals surface area contributed by atoms with Gasteiger partial charge in [-0.1, -0.05) is 6.42 Å². The second-order valence-corrected chi connectivity index (χ2v) is 3.56. The monoisotopic (exact) mass is 158 g/mol. The molecular formula is C8H18N2O. The first-order chi connectivity index (χ1) is 5.17. The highest BCUT2D eigenvalue weighted by Crippen LogP contribution is 2.17. The Morgan fingerprint density at radius 2 is 2.36 bits per heavy atom. The topological polar surface area (TPSA) is 58.3 Å². The summed E-state index contributed by atoms with van der Waals surface area (Å²) in [4.78, 5) is 0. The molecule has 0 aromatic rings. The minimum absolute atomic E-state index is 0.196. The molecule has 1 aliphatic rings. The van der Waals surface area contributed by atoms with Crippen LogP contribution in [0.2, 0.25) is 0 Å². The number of nitrogens with two attached hydrogens (primary N) is 1. The highest BCUT2D eigenvalue weighted by molar-refractivity contribution is 4.90. The number of hydrogen-bond donors (Lipinski definition) is 3. The van der Waals surface area contributed by atoms with Crippen LogP contribution in [0.5, 0.6) is 0 Å². The van der Waals surface area contributed by atoms with Gasteiger partial charge in [0.05, 0.1) is 5.60 Å². The first-order valence-corrected chi connectivity index (χ1v) is 4.32. The Labute approximate surface area is 68.0 Å². The maximum absolute atomic E-state index is 9.76. The molecule has 0 aromatic carbocycles. The Hall–Kier alpha value is -0.120. The van der Waals surface area contributed by atoms with Crippen molar-refractivity contribution in [2.75, 3.05) is 13.1 Å². The van der Waals surface area contributed by atoms with Gasteiger partial charge in [0.2, 0.25) is 0 Å². The van der Waals surface area contributed by atoms with Crippen molar-refractivity contribution in [3.63, 3.8) is 0 Å². The van der Waals surface area contributed by atoms with E-state index in [0.717, 1.165) is 13.0 Å². The molecule has 0 aromatic heterocycles. The minimum Gasteiger partial charge on any atom is -0.387 e. The fourth-order valence-electron chi connectivity index (χ4n) is 1.52. The number of aliphatic hydroxyl groups is 1. The predicted molar refractivity (Wildman–Crippen MR) is 45.3 cm³/mol. The molecule has 0 radical (unpaired) electrons. The molecule has 0 spiro atoms. The molecule has 3 nitrogen and oxygen atoms in total. The molecule has 4 N–H and O–H groups in total. The molecule has 3 heteroatoms. The molecule has 1 aliphatic heterocycles. The minimum atomic E-state index is -0.722. The Balaban J connectivity index is 2.43. The zero-order valence-electron chi connectivity index (χ0n) is 7.14. The van der Waals surface area contributed by atoms with Crippen molar-refractivity contribution in [1.29, 1.82) is 0 Å². The Bertz CT molecular complexity index is 119. The highest BCUT2D eigenvalue weighted by atomic mass is 16.3. The SMILES string of the molecule is CC(O)(CN)C1CCCCN1. The van der Waals surface area contributed by atoms with Gasteiger partial charge in [-0.05, 0) is 26.3 Å². The summed E-state index contributed by atoms with van der Waals surface area (Å²) in [7, 11) is 0. The van der Waals surface area contributed by atoms with Gasteiger partial charge in [0.15, 0.2) is 0 Å². The van der Waals surface area contributed by atoms with E-state index in [2.05, 4.69) is 5.32 Å². The van der Waals surface area contributed by atoms with E-state index in [-0.39, 0.29) is 6.04 Å². The van der Waals surface area contributed by atoms with Gasteiger partial charge in [-0.15, -0.1) is 0 Å². The van der Waals surface area contributed by atoms with Gasteiger partial charge in [0.1, 0.15) is 0 Å². The lowest BCUT2D eigenvalue weighted by atomic mass is 9.90. The van der Waals surface area contributed by atoms with Crippen molar-refractivity contribution in [3.8, 4) is 0 Å². The van der Waals surface area contributed by atoms with Crippen molar-refractivity contribution < 1.29 is 5.11 Å². The zero-order valence-corrected chi connectivity index (χ0v) is 7.14. The van der Waals surface area contributed by atoms with E-state index in [1.165, 1.54) is 12.8 Å². The van der Waals surface area contributed by atoms with Crippen LogP contribution in [0.1, 0.15) is 26.2 Å². The van der Waals surface area contributed by atoms with Crippen LogP contribution in [0, 0.1) is 0 Å². The van der Waals surface area contributed by atoms with E-state index in [0.29, 0.717) is 6.54 Å². The molecule has 1 saturated heterocycles. The molecule has 66 valence electrons. The third-order valence-corrected chi connectivity index (χ3v) is 2.47. The molecule has 1 fully saturated rings. The molecule has 11 heavy (non-hydrogen) atoms. The van der Waals surface area contributed by atoms with Crippen LogP contribution in [-0.2, 0) is 0 Å². The summed E-state index contributed by atoms with van der Waals surface area (Å²) >= 11 is 0. The van der Waals surface area contributed by atoms with E-state index in [9.17, 15) is 5.11 Å². The number of hydrogen-bond acceptors (Lipinski definition) is 3. The summed E-state index contributed by atoms with van der Waals surface area (Å²) in [5.41, 5.74) is 4.73. The fraction of sp³-hybridized carbons (Fsp3) is 1.00. The maximum atomic E-state index is 9.76. The van der Waals surface area contributed by atoms with Gasteiger partial charge in [0, 0.05) is 12.6 Å². The fourth-order valence-corrected chi connectivity index (χ4v) is 1.52. The third-order valence-electron chi connectivity index (χ3n) is 2.47. The maximum Gasteiger partial charge on any atom is 0.0893 e. The van der Waals surface area contributed by atoms with Gasteiger partial charge in [-0.3, -0.25) is 0 Å². The Morgan fingerprint density at radius 3 is 2.82 bits per heavy atom. The number of nitrogens with one attached hydrogen (secondary N) is 1.